The largest absolute Gasteiger partial charge is 0.441 e. The van der Waals surface area contributed by atoms with E-state index in [9.17, 15) is 0 Å². The molecule has 1 fully saturated rings. The number of hydrogen-bond donors (Lipinski definition) is 0. The van der Waals surface area contributed by atoms with Gasteiger partial charge in [0.05, 0.1) is 12.7 Å². The van der Waals surface area contributed by atoms with Gasteiger partial charge in [-0.25, -0.2) is 0 Å². The SMILES string of the molecule is CC1COC(Oc2ccccc2)O1. The fourth-order valence-electron chi connectivity index (χ4n) is 1.15. The molecule has 13 heavy (non-hydrogen) atoms. The van der Waals surface area contributed by atoms with Crippen LogP contribution in [0.3, 0.4) is 0 Å². The minimum absolute atomic E-state index is 0.119. The molecule has 0 amide bonds. The summed E-state index contributed by atoms with van der Waals surface area (Å²) in [6.07, 6.45) is 0.119. The molecule has 2 rings (SSSR count). The van der Waals surface area contributed by atoms with E-state index < -0.39 is 6.48 Å². The molecule has 0 aromatic heterocycles. The van der Waals surface area contributed by atoms with Crippen molar-refractivity contribution in [2.24, 2.45) is 0 Å². The zero-order chi connectivity index (χ0) is 9.10. The van der Waals surface area contributed by atoms with Crippen LogP contribution in [0, 0.1) is 0 Å². The lowest BCUT2D eigenvalue weighted by Gasteiger charge is -2.11. The topological polar surface area (TPSA) is 27.7 Å². The molecule has 0 radical (unpaired) electrons. The Morgan fingerprint density at radius 2 is 2.08 bits per heavy atom. The van der Waals surface area contributed by atoms with Crippen molar-refractivity contribution in [3.05, 3.63) is 30.3 Å². The van der Waals surface area contributed by atoms with E-state index in [2.05, 4.69) is 0 Å². The molecule has 0 spiro atoms. The second-order valence-electron chi connectivity index (χ2n) is 3.00. The predicted octanol–water partition coefficient (Wildman–Crippen LogP) is 1.78. The average molecular weight is 180 g/mol. The van der Waals surface area contributed by atoms with E-state index in [1.54, 1.807) is 0 Å². The van der Waals surface area contributed by atoms with Crippen LogP contribution in [-0.2, 0) is 9.47 Å². The lowest BCUT2D eigenvalue weighted by Crippen LogP contribution is -2.17. The Kier molecular flexibility index (Phi) is 2.47. The highest BCUT2D eigenvalue weighted by Crippen LogP contribution is 2.17. The van der Waals surface area contributed by atoms with Gasteiger partial charge in [-0.05, 0) is 19.1 Å². The average Bonchev–Trinajstić information content (AvgIpc) is 2.53. The summed E-state index contributed by atoms with van der Waals surface area (Å²) in [5.41, 5.74) is 0. The minimum atomic E-state index is -0.544. The highest BCUT2D eigenvalue weighted by atomic mass is 16.9. The summed E-state index contributed by atoms with van der Waals surface area (Å²) in [5, 5.41) is 0. The molecule has 1 aromatic carbocycles. The van der Waals surface area contributed by atoms with Gasteiger partial charge in [-0.15, -0.1) is 0 Å². The van der Waals surface area contributed by atoms with Gasteiger partial charge in [-0.3, -0.25) is 0 Å². The van der Waals surface area contributed by atoms with Crippen LogP contribution < -0.4 is 4.74 Å². The molecule has 3 nitrogen and oxygen atoms in total. The van der Waals surface area contributed by atoms with Crippen molar-refractivity contribution in [1.29, 1.82) is 0 Å². The second kappa shape index (κ2) is 3.77. The summed E-state index contributed by atoms with van der Waals surface area (Å²) in [6, 6.07) is 9.50. The van der Waals surface area contributed by atoms with Crippen LogP contribution in [0.1, 0.15) is 6.92 Å². The number of para-hydroxylation sites is 1. The van der Waals surface area contributed by atoms with Gasteiger partial charge in [0.2, 0.25) is 0 Å². The highest BCUT2D eigenvalue weighted by Gasteiger charge is 2.23. The van der Waals surface area contributed by atoms with Crippen LogP contribution in [0.15, 0.2) is 30.3 Å². The van der Waals surface area contributed by atoms with E-state index in [1.807, 2.05) is 37.3 Å². The van der Waals surface area contributed by atoms with E-state index in [0.717, 1.165) is 5.75 Å². The Morgan fingerprint density at radius 3 is 2.69 bits per heavy atom. The lowest BCUT2D eigenvalue weighted by molar-refractivity contribution is -0.184. The molecule has 2 atom stereocenters. The number of ether oxygens (including phenoxy) is 3. The third-order valence-electron chi connectivity index (χ3n) is 1.79. The summed E-state index contributed by atoms with van der Waals surface area (Å²) >= 11 is 0. The number of hydrogen-bond acceptors (Lipinski definition) is 3. The maximum atomic E-state index is 5.40. The molecule has 1 aliphatic rings. The molecule has 0 N–H and O–H groups in total. The Bertz CT molecular complexity index is 260. The molecular formula is C10H12O3. The van der Waals surface area contributed by atoms with Gasteiger partial charge in [0.25, 0.3) is 0 Å². The molecule has 70 valence electrons. The molecule has 0 saturated carbocycles. The molecule has 0 bridgehead atoms. The summed E-state index contributed by atoms with van der Waals surface area (Å²) < 4.78 is 15.9. The Morgan fingerprint density at radius 1 is 1.31 bits per heavy atom. The van der Waals surface area contributed by atoms with E-state index in [4.69, 9.17) is 14.2 Å². The van der Waals surface area contributed by atoms with E-state index in [1.165, 1.54) is 0 Å². The van der Waals surface area contributed by atoms with Gasteiger partial charge in [0.1, 0.15) is 5.75 Å². The van der Waals surface area contributed by atoms with Gasteiger partial charge in [0.15, 0.2) is 0 Å². The molecule has 3 heteroatoms. The standard InChI is InChI=1S/C10H12O3/c1-8-7-11-10(12-8)13-9-5-3-2-4-6-9/h2-6,8,10H,7H2,1H3. The van der Waals surface area contributed by atoms with Crippen molar-refractivity contribution in [2.45, 2.75) is 19.5 Å². The number of benzene rings is 1. The van der Waals surface area contributed by atoms with Gasteiger partial charge < -0.3 is 14.2 Å². The lowest BCUT2D eigenvalue weighted by atomic mass is 10.3. The van der Waals surface area contributed by atoms with Gasteiger partial charge in [-0.2, -0.15) is 0 Å². The first kappa shape index (κ1) is 8.53. The van der Waals surface area contributed by atoms with Crippen LogP contribution >= 0.6 is 0 Å². The van der Waals surface area contributed by atoms with Crippen molar-refractivity contribution < 1.29 is 14.2 Å². The second-order valence-corrected chi connectivity index (χ2v) is 3.00. The van der Waals surface area contributed by atoms with Crippen molar-refractivity contribution >= 4 is 0 Å². The van der Waals surface area contributed by atoms with Crippen molar-refractivity contribution in [1.82, 2.24) is 0 Å². The Hall–Kier alpha value is -1.06. The third kappa shape index (κ3) is 2.20. The summed E-state index contributed by atoms with van der Waals surface area (Å²) in [4.78, 5) is 0. The fraction of sp³-hybridized carbons (Fsp3) is 0.400. The normalized spacial score (nSPS) is 27.5. The molecule has 1 saturated heterocycles. The third-order valence-corrected chi connectivity index (χ3v) is 1.79. The maximum absolute atomic E-state index is 5.40. The maximum Gasteiger partial charge on any atom is 0.316 e. The van der Waals surface area contributed by atoms with Crippen LogP contribution in [0.2, 0.25) is 0 Å². The molecule has 1 aromatic rings. The smallest absolute Gasteiger partial charge is 0.316 e. The van der Waals surface area contributed by atoms with Crippen LogP contribution in [0.5, 0.6) is 5.75 Å². The van der Waals surface area contributed by atoms with Crippen LogP contribution in [0.4, 0.5) is 0 Å². The zero-order valence-electron chi connectivity index (χ0n) is 7.47. The summed E-state index contributed by atoms with van der Waals surface area (Å²) in [7, 11) is 0. The Balaban J connectivity index is 1.92. The minimum Gasteiger partial charge on any atom is -0.441 e. The summed E-state index contributed by atoms with van der Waals surface area (Å²) in [6.45, 7) is 2.00. The van der Waals surface area contributed by atoms with E-state index in [-0.39, 0.29) is 6.10 Å². The van der Waals surface area contributed by atoms with Crippen molar-refractivity contribution in [2.75, 3.05) is 6.61 Å². The quantitative estimate of drug-likeness (QED) is 0.694. The van der Waals surface area contributed by atoms with Crippen LogP contribution in [0.25, 0.3) is 0 Å². The molecular weight excluding hydrogens is 168 g/mol. The first-order valence-corrected chi connectivity index (χ1v) is 4.33. The zero-order valence-corrected chi connectivity index (χ0v) is 7.47. The first-order valence-electron chi connectivity index (χ1n) is 4.33. The fourth-order valence-corrected chi connectivity index (χ4v) is 1.15. The highest BCUT2D eigenvalue weighted by molar-refractivity contribution is 5.20. The molecule has 2 unspecified atom stereocenters. The Labute approximate surface area is 77.2 Å². The van der Waals surface area contributed by atoms with Crippen LogP contribution in [-0.4, -0.2) is 19.2 Å². The molecule has 1 heterocycles. The molecule has 0 aliphatic carbocycles. The van der Waals surface area contributed by atoms with Gasteiger partial charge in [-0.1, -0.05) is 18.2 Å². The first-order chi connectivity index (χ1) is 6.34. The van der Waals surface area contributed by atoms with Gasteiger partial charge in [0, 0.05) is 0 Å². The summed E-state index contributed by atoms with van der Waals surface area (Å²) in [5.74, 6) is 0.765. The van der Waals surface area contributed by atoms with Crippen molar-refractivity contribution in [3.8, 4) is 5.75 Å². The van der Waals surface area contributed by atoms with Crippen molar-refractivity contribution in [3.63, 3.8) is 0 Å². The predicted molar refractivity (Wildman–Crippen MR) is 47.4 cm³/mol. The molecule has 1 aliphatic heterocycles. The monoisotopic (exact) mass is 180 g/mol. The van der Waals surface area contributed by atoms with E-state index in [0.29, 0.717) is 6.61 Å². The van der Waals surface area contributed by atoms with E-state index >= 15 is 0 Å². The number of rotatable bonds is 2. The van der Waals surface area contributed by atoms with Gasteiger partial charge >= 0.3 is 6.48 Å².